The number of hydrogen-bond acceptors (Lipinski definition) is 1. The number of rotatable bonds is 2. The summed E-state index contributed by atoms with van der Waals surface area (Å²) in [7, 11) is 1.98. The molecule has 0 unspecified atom stereocenters. The average Bonchev–Trinajstić information content (AvgIpc) is 1.84. The van der Waals surface area contributed by atoms with Crippen LogP contribution in [-0.4, -0.2) is 23.8 Å². The molecule has 0 amide bonds. The molecule has 0 aliphatic rings. The van der Waals surface area contributed by atoms with E-state index in [9.17, 15) is 0 Å². The van der Waals surface area contributed by atoms with Gasteiger partial charge in [-0.1, -0.05) is 18.2 Å². The van der Waals surface area contributed by atoms with E-state index in [1.807, 2.05) is 18.9 Å². The predicted molar refractivity (Wildman–Crippen MR) is 51.0 cm³/mol. The normalized spacial score (nSPS) is 12.0. The molecule has 0 heterocycles. The summed E-state index contributed by atoms with van der Waals surface area (Å²) in [5.41, 5.74) is 0. The predicted octanol–water partition coefficient (Wildman–Crippen LogP) is 2.46. The Bertz CT molecular complexity index is 173. The quantitative estimate of drug-likeness (QED) is 0.357. The van der Waals surface area contributed by atoms with Crippen LogP contribution in [0.2, 0.25) is 0 Å². The maximum Gasteiger partial charge on any atom is 0.123 e. The topological polar surface area (TPSA) is 15.6 Å². The summed E-state index contributed by atoms with van der Waals surface area (Å²) in [6.07, 6.45) is 0. The molecule has 0 saturated heterocycles. The minimum atomic E-state index is 0.329. The van der Waals surface area contributed by atoms with Gasteiger partial charge in [-0.2, -0.15) is 0 Å². The van der Waals surface area contributed by atoms with Gasteiger partial charge in [0.2, 0.25) is 0 Å². The van der Waals surface area contributed by atoms with Gasteiger partial charge in [-0.05, 0) is 20.8 Å². The molecule has 11 heavy (non-hydrogen) atoms. The third kappa shape index (κ3) is 4.04. The standard InChI is InChI=1S/C8H15ClN2/c1-6(2)11(5)8(4)10-7(3)9/h6H,3H2,1-2,4-5H3. The van der Waals surface area contributed by atoms with Gasteiger partial charge in [-0.15, -0.1) is 0 Å². The molecule has 3 heteroatoms. The van der Waals surface area contributed by atoms with E-state index >= 15 is 0 Å². The van der Waals surface area contributed by atoms with Gasteiger partial charge in [0.05, 0.1) is 0 Å². The Labute approximate surface area is 73.6 Å². The highest BCUT2D eigenvalue weighted by Gasteiger charge is 2.03. The average molecular weight is 175 g/mol. The lowest BCUT2D eigenvalue weighted by Crippen LogP contribution is -2.30. The van der Waals surface area contributed by atoms with Crippen molar-refractivity contribution in [2.75, 3.05) is 7.05 Å². The van der Waals surface area contributed by atoms with E-state index < -0.39 is 0 Å². The molecule has 64 valence electrons. The van der Waals surface area contributed by atoms with Crippen LogP contribution in [0, 0.1) is 0 Å². The molecule has 0 aromatic rings. The lowest BCUT2D eigenvalue weighted by Gasteiger charge is -2.22. The molecule has 0 spiro atoms. The Morgan fingerprint density at radius 2 is 2.00 bits per heavy atom. The number of aliphatic imine (C=N–C) groups is 1. The van der Waals surface area contributed by atoms with Crippen LogP contribution in [0.15, 0.2) is 16.7 Å². The van der Waals surface area contributed by atoms with Gasteiger partial charge < -0.3 is 4.90 Å². The summed E-state index contributed by atoms with van der Waals surface area (Å²) in [5.74, 6) is 0.889. The number of nitrogens with zero attached hydrogens (tertiary/aromatic N) is 2. The van der Waals surface area contributed by atoms with Gasteiger partial charge >= 0.3 is 0 Å². The Kier molecular flexibility index (Phi) is 4.19. The van der Waals surface area contributed by atoms with Crippen LogP contribution >= 0.6 is 11.6 Å². The minimum Gasteiger partial charge on any atom is -0.361 e. The first-order chi connectivity index (χ1) is 4.95. The number of hydrogen-bond donors (Lipinski definition) is 0. The van der Waals surface area contributed by atoms with Crippen molar-refractivity contribution in [1.29, 1.82) is 0 Å². The summed E-state index contributed by atoms with van der Waals surface area (Å²) >= 11 is 5.51. The van der Waals surface area contributed by atoms with Gasteiger partial charge in [-0.25, -0.2) is 4.99 Å². The van der Waals surface area contributed by atoms with Gasteiger partial charge in [0, 0.05) is 13.1 Å². The molecule has 0 N–H and O–H groups in total. The first-order valence-corrected chi connectivity index (χ1v) is 3.95. The number of halogens is 1. The summed E-state index contributed by atoms with van der Waals surface area (Å²) in [4.78, 5) is 6.05. The zero-order chi connectivity index (χ0) is 9.02. The van der Waals surface area contributed by atoms with Crippen molar-refractivity contribution in [1.82, 2.24) is 4.90 Å². The van der Waals surface area contributed by atoms with E-state index in [1.165, 1.54) is 0 Å². The van der Waals surface area contributed by atoms with Crippen LogP contribution in [0.5, 0.6) is 0 Å². The van der Waals surface area contributed by atoms with Crippen molar-refractivity contribution in [3.63, 3.8) is 0 Å². The van der Waals surface area contributed by atoms with Crippen LogP contribution < -0.4 is 0 Å². The van der Waals surface area contributed by atoms with E-state index in [0.29, 0.717) is 11.2 Å². The van der Waals surface area contributed by atoms with Crippen molar-refractivity contribution >= 4 is 17.4 Å². The highest BCUT2D eigenvalue weighted by Crippen LogP contribution is 2.02. The summed E-state index contributed by atoms with van der Waals surface area (Å²) in [5, 5.41) is 0.329. The molecule has 0 aromatic carbocycles. The van der Waals surface area contributed by atoms with E-state index in [4.69, 9.17) is 11.6 Å². The van der Waals surface area contributed by atoms with Crippen molar-refractivity contribution in [2.45, 2.75) is 26.8 Å². The molecule has 0 bridgehead atoms. The largest absolute Gasteiger partial charge is 0.361 e. The van der Waals surface area contributed by atoms with Crippen molar-refractivity contribution in [2.24, 2.45) is 4.99 Å². The second kappa shape index (κ2) is 4.39. The smallest absolute Gasteiger partial charge is 0.123 e. The van der Waals surface area contributed by atoms with E-state index in [2.05, 4.69) is 25.4 Å². The van der Waals surface area contributed by atoms with E-state index in [0.717, 1.165) is 5.84 Å². The van der Waals surface area contributed by atoms with Crippen LogP contribution in [0.1, 0.15) is 20.8 Å². The molecule has 2 nitrogen and oxygen atoms in total. The van der Waals surface area contributed by atoms with Crippen LogP contribution in [-0.2, 0) is 0 Å². The first kappa shape index (κ1) is 10.5. The van der Waals surface area contributed by atoms with Gasteiger partial charge in [0.15, 0.2) is 0 Å². The molecule has 0 fully saturated rings. The molecule has 0 atom stereocenters. The van der Waals surface area contributed by atoms with E-state index in [1.54, 1.807) is 0 Å². The molecule has 0 aromatic heterocycles. The van der Waals surface area contributed by atoms with Crippen LogP contribution in [0.3, 0.4) is 0 Å². The van der Waals surface area contributed by atoms with Crippen molar-refractivity contribution in [3.05, 3.63) is 11.7 Å². The molecular weight excluding hydrogens is 160 g/mol. The molecule has 0 rings (SSSR count). The SMILES string of the molecule is C=C(Cl)N=C(C)N(C)C(C)C. The third-order valence-corrected chi connectivity index (χ3v) is 1.65. The maximum absolute atomic E-state index is 5.51. The zero-order valence-electron chi connectivity index (χ0n) is 7.56. The Morgan fingerprint density at radius 1 is 1.55 bits per heavy atom. The minimum absolute atomic E-state index is 0.329. The third-order valence-electron chi connectivity index (χ3n) is 1.57. The lowest BCUT2D eigenvalue weighted by molar-refractivity contribution is 0.415. The zero-order valence-corrected chi connectivity index (χ0v) is 8.31. The lowest BCUT2D eigenvalue weighted by atomic mass is 10.3. The van der Waals surface area contributed by atoms with Crippen molar-refractivity contribution < 1.29 is 0 Å². The highest BCUT2D eigenvalue weighted by molar-refractivity contribution is 6.29. The monoisotopic (exact) mass is 174 g/mol. The van der Waals surface area contributed by atoms with E-state index in [-0.39, 0.29) is 0 Å². The fourth-order valence-corrected chi connectivity index (χ4v) is 0.750. The fraction of sp³-hybridized carbons (Fsp3) is 0.625. The van der Waals surface area contributed by atoms with Gasteiger partial charge in [0.25, 0.3) is 0 Å². The number of amidine groups is 1. The fourth-order valence-electron chi connectivity index (χ4n) is 0.628. The summed E-state index contributed by atoms with van der Waals surface area (Å²) < 4.78 is 0. The molecule has 0 aliphatic carbocycles. The van der Waals surface area contributed by atoms with Gasteiger partial charge in [-0.3, -0.25) is 0 Å². The highest BCUT2D eigenvalue weighted by atomic mass is 35.5. The summed E-state index contributed by atoms with van der Waals surface area (Å²) in [6, 6.07) is 0.440. The Hall–Kier alpha value is -0.500. The molecular formula is C8H15ClN2. The second-order valence-electron chi connectivity index (χ2n) is 2.74. The Balaban J connectivity index is 4.23. The van der Waals surface area contributed by atoms with Crippen LogP contribution in [0.25, 0.3) is 0 Å². The second-order valence-corrected chi connectivity index (χ2v) is 3.18. The maximum atomic E-state index is 5.51. The van der Waals surface area contributed by atoms with Gasteiger partial charge in [0.1, 0.15) is 11.0 Å². The first-order valence-electron chi connectivity index (χ1n) is 3.57. The molecule has 0 radical (unpaired) electrons. The Morgan fingerprint density at radius 3 is 2.27 bits per heavy atom. The molecule has 0 aliphatic heterocycles. The van der Waals surface area contributed by atoms with Crippen LogP contribution in [0.4, 0.5) is 0 Å². The summed E-state index contributed by atoms with van der Waals surface area (Å²) in [6.45, 7) is 9.58. The molecule has 0 saturated carbocycles. The van der Waals surface area contributed by atoms with Crippen molar-refractivity contribution in [3.8, 4) is 0 Å².